The zero-order valence-electron chi connectivity index (χ0n) is 15.9. The number of carbonyl (C=O) groups is 1. The topological polar surface area (TPSA) is 69.8 Å². The summed E-state index contributed by atoms with van der Waals surface area (Å²) in [4.78, 5) is 20.1. The van der Waals surface area contributed by atoms with Crippen LogP contribution in [0.5, 0.6) is 0 Å². The summed E-state index contributed by atoms with van der Waals surface area (Å²) in [5.74, 6) is 0.256. The van der Waals surface area contributed by atoms with Crippen molar-refractivity contribution in [3.63, 3.8) is 0 Å². The quantitative estimate of drug-likeness (QED) is 0.652. The minimum Gasteiger partial charge on any atom is -0.354 e. The molecular weight excluding hydrogens is 336 g/mol. The molecule has 1 saturated heterocycles. The van der Waals surface area contributed by atoms with Crippen LogP contribution in [-0.2, 0) is 17.8 Å². The fourth-order valence-corrected chi connectivity index (χ4v) is 3.93. The Hall–Kier alpha value is -2.66. The van der Waals surface area contributed by atoms with Crippen molar-refractivity contribution in [2.75, 3.05) is 13.1 Å². The summed E-state index contributed by atoms with van der Waals surface area (Å²) in [5, 5.41) is 7.57. The second-order valence-electron chi connectivity index (χ2n) is 7.31. The lowest BCUT2D eigenvalue weighted by molar-refractivity contribution is -0.124. The molecule has 4 rings (SSSR count). The van der Waals surface area contributed by atoms with Gasteiger partial charge in [0.05, 0.1) is 5.92 Å². The summed E-state index contributed by atoms with van der Waals surface area (Å²) in [6.07, 6.45) is 3.73. The number of pyridine rings is 1. The summed E-state index contributed by atoms with van der Waals surface area (Å²) < 4.78 is 0. The molecule has 1 atom stereocenters. The number of benzene rings is 1. The van der Waals surface area contributed by atoms with E-state index in [0.717, 1.165) is 48.4 Å². The van der Waals surface area contributed by atoms with Gasteiger partial charge in [-0.1, -0.05) is 13.0 Å². The average molecular weight is 362 g/mol. The highest BCUT2D eigenvalue weighted by atomic mass is 16.1. The first-order valence-electron chi connectivity index (χ1n) is 9.70. The lowest BCUT2D eigenvalue weighted by atomic mass is 10.0. The number of aromatic amines is 1. The van der Waals surface area contributed by atoms with Gasteiger partial charge in [0.2, 0.25) is 5.91 Å². The molecule has 5 nitrogen and oxygen atoms in total. The Bertz CT molecular complexity index is 970. The normalized spacial score (nSPS) is 16.7. The first-order valence-corrected chi connectivity index (χ1v) is 9.70. The number of rotatable bonds is 5. The fraction of sp³-hybridized carbons (Fsp3) is 0.364. The summed E-state index contributed by atoms with van der Waals surface area (Å²) in [7, 11) is 0. The van der Waals surface area contributed by atoms with Gasteiger partial charge in [0.25, 0.3) is 0 Å². The zero-order valence-corrected chi connectivity index (χ0v) is 15.9. The Morgan fingerprint density at radius 3 is 2.93 bits per heavy atom. The molecule has 0 saturated carbocycles. The predicted molar refractivity (Wildman–Crippen MR) is 108 cm³/mol. The summed E-state index contributed by atoms with van der Waals surface area (Å²) >= 11 is 0. The number of H-pyrrole nitrogens is 1. The molecule has 3 heterocycles. The smallest absolute Gasteiger partial charge is 0.224 e. The monoisotopic (exact) mass is 362 g/mol. The van der Waals surface area contributed by atoms with Crippen LogP contribution in [0.15, 0.2) is 36.5 Å². The van der Waals surface area contributed by atoms with Crippen LogP contribution in [0.25, 0.3) is 22.2 Å². The Balaban J connectivity index is 1.60. The molecule has 3 aromatic rings. The number of aryl methyl sites for hydroxylation is 2. The molecule has 0 spiro atoms. The molecule has 1 amide bonds. The first-order chi connectivity index (χ1) is 13.2. The van der Waals surface area contributed by atoms with Gasteiger partial charge in [0, 0.05) is 47.1 Å². The SMILES string of the molecule is CCc1c(-c2ccnc(C)c2)[nH]c2ccc(CNC(=O)C3CCNC3)cc12. The number of carbonyl (C=O) groups excluding carboxylic acids is 1. The average Bonchev–Trinajstić information content (AvgIpc) is 3.33. The number of amides is 1. The van der Waals surface area contributed by atoms with E-state index in [1.165, 1.54) is 16.5 Å². The van der Waals surface area contributed by atoms with Crippen LogP contribution >= 0.6 is 0 Å². The van der Waals surface area contributed by atoms with Crippen LogP contribution in [-0.4, -0.2) is 29.0 Å². The second-order valence-corrected chi connectivity index (χ2v) is 7.31. The van der Waals surface area contributed by atoms with E-state index >= 15 is 0 Å². The van der Waals surface area contributed by atoms with E-state index in [0.29, 0.717) is 6.54 Å². The summed E-state index contributed by atoms with van der Waals surface area (Å²) in [6.45, 7) is 6.49. The van der Waals surface area contributed by atoms with Gasteiger partial charge in [0.15, 0.2) is 0 Å². The Kier molecular flexibility index (Phi) is 4.94. The number of aromatic nitrogens is 2. The van der Waals surface area contributed by atoms with E-state index in [2.05, 4.69) is 51.8 Å². The third kappa shape index (κ3) is 3.60. The first kappa shape index (κ1) is 17.7. The largest absolute Gasteiger partial charge is 0.354 e. The van der Waals surface area contributed by atoms with Crippen molar-refractivity contribution < 1.29 is 4.79 Å². The Morgan fingerprint density at radius 1 is 1.30 bits per heavy atom. The second kappa shape index (κ2) is 7.53. The molecule has 2 aromatic heterocycles. The van der Waals surface area contributed by atoms with Gasteiger partial charge >= 0.3 is 0 Å². The third-order valence-corrected chi connectivity index (χ3v) is 5.41. The van der Waals surface area contributed by atoms with Gasteiger partial charge in [-0.3, -0.25) is 9.78 Å². The third-order valence-electron chi connectivity index (χ3n) is 5.41. The minimum atomic E-state index is 0.105. The van der Waals surface area contributed by atoms with Crippen molar-refractivity contribution in [2.24, 2.45) is 5.92 Å². The molecule has 1 unspecified atom stereocenters. The van der Waals surface area contributed by atoms with Gasteiger partial charge in [0.1, 0.15) is 0 Å². The number of hydrogen-bond donors (Lipinski definition) is 3. The number of hydrogen-bond acceptors (Lipinski definition) is 3. The molecule has 3 N–H and O–H groups in total. The highest BCUT2D eigenvalue weighted by Gasteiger charge is 2.22. The molecule has 140 valence electrons. The maximum absolute atomic E-state index is 12.3. The van der Waals surface area contributed by atoms with Crippen molar-refractivity contribution in [3.8, 4) is 11.3 Å². The van der Waals surface area contributed by atoms with E-state index in [4.69, 9.17) is 0 Å². The van der Waals surface area contributed by atoms with Crippen molar-refractivity contribution in [3.05, 3.63) is 53.3 Å². The molecule has 1 aliphatic heterocycles. The van der Waals surface area contributed by atoms with E-state index in [1.54, 1.807) is 0 Å². The van der Waals surface area contributed by atoms with Crippen molar-refractivity contribution >= 4 is 16.8 Å². The lowest BCUT2D eigenvalue weighted by Gasteiger charge is -2.10. The predicted octanol–water partition coefficient (Wildman–Crippen LogP) is 3.33. The van der Waals surface area contributed by atoms with Crippen molar-refractivity contribution in [2.45, 2.75) is 33.2 Å². The van der Waals surface area contributed by atoms with Crippen LogP contribution in [0.3, 0.4) is 0 Å². The van der Waals surface area contributed by atoms with Crippen LogP contribution in [0.4, 0.5) is 0 Å². The van der Waals surface area contributed by atoms with Crippen molar-refractivity contribution in [1.82, 2.24) is 20.6 Å². The van der Waals surface area contributed by atoms with Crippen LogP contribution < -0.4 is 10.6 Å². The number of nitrogens with one attached hydrogen (secondary N) is 3. The van der Waals surface area contributed by atoms with Crippen LogP contribution in [0.1, 0.15) is 30.2 Å². The van der Waals surface area contributed by atoms with E-state index in [9.17, 15) is 4.79 Å². The molecular formula is C22H26N4O. The molecule has 1 aromatic carbocycles. The Labute approximate surface area is 159 Å². The summed E-state index contributed by atoms with van der Waals surface area (Å²) in [6, 6.07) is 10.6. The number of nitrogens with zero attached hydrogens (tertiary/aromatic N) is 1. The standard InChI is InChI=1S/C22H26N4O/c1-3-18-19-11-15(12-25-22(27)17-6-8-23-13-17)4-5-20(19)26-21(18)16-7-9-24-14(2)10-16/h4-5,7,9-11,17,23,26H,3,6,8,12-13H2,1-2H3,(H,25,27). The zero-order chi connectivity index (χ0) is 18.8. The molecule has 0 bridgehead atoms. The highest BCUT2D eigenvalue weighted by molar-refractivity contribution is 5.91. The van der Waals surface area contributed by atoms with Gasteiger partial charge in [-0.25, -0.2) is 0 Å². The van der Waals surface area contributed by atoms with Crippen LogP contribution in [0.2, 0.25) is 0 Å². The minimum absolute atomic E-state index is 0.105. The van der Waals surface area contributed by atoms with Gasteiger partial charge in [-0.05, 0) is 61.7 Å². The van der Waals surface area contributed by atoms with E-state index in [-0.39, 0.29) is 11.8 Å². The maximum Gasteiger partial charge on any atom is 0.224 e. The maximum atomic E-state index is 12.3. The van der Waals surface area contributed by atoms with Crippen molar-refractivity contribution in [1.29, 1.82) is 0 Å². The fourth-order valence-electron chi connectivity index (χ4n) is 3.93. The molecule has 1 aliphatic rings. The van der Waals surface area contributed by atoms with Crippen LogP contribution in [0, 0.1) is 12.8 Å². The Morgan fingerprint density at radius 2 is 2.19 bits per heavy atom. The van der Waals surface area contributed by atoms with Gasteiger partial charge in [-0.2, -0.15) is 0 Å². The number of fused-ring (bicyclic) bond motifs is 1. The lowest BCUT2D eigenvalue weighted by Crippen LogP contribution is -2.31. The molecule has 27 heavy (non-hydrogen) atoms. The molecule has 0 radical (unpaired) electrons. The molecule has 1 fully saturated rings. The van der Waals surface area contributed by atoms with E-state index in [1.807, 2.05) is 19.2 Å². The van der Waals surface area contributed by atoms with Gasteiger partial charge in [-0.15, -0.1) is 0 Å². The highest BCUT2D eigenvalue weighted by Crippen LogP contribution is 2.31. The summed E-state index contributed by atoms with van der Waals surface area (Å²) in [5.41, 5.74) is 6.91. The molecule has 5 heteroatoms. The van der Waals surface area contributed by atoms with Gasteiger partial charge < -0.3 is 15.6 Å². The van der Waals surface area contributed by atoms with E-state index < -0.39 is 0 Å². The molecule has 0 aliphatic carbocycles.